The second-order valence-electron chi connectivity index (χ2n) is 3.35. The normalized spacial score (nSPS) is 12.4. The van der Waals surface area contributed by atoms with Crippen LogP contribution in [0.2, 0.25) is 0 Å². The maximum Gasteiger partial charge on any atom is 0.0985 e. The molecule has 1 aromatic carbocycles. The van der Waals surface area contributed by atoms with Gasteiger partial charge in [0.2, 0.25) is 0 Å². The van der Waals surface area contributed by atoms with Crippen LogP contribution in [0.5, 0.6) is 0 Å². The molecule has 1 nitrogen and oxygen atoms in total. The monoisotopic (exact) mass is 318 g/mol. The first kappa shape index (κ1) is 12.0. The third kappa shape index (κ3) is 3.23. The van der Waals surface area contributed by atoms with Crippen molar-refractivity contribution in [3.05, 3.63) is 44.4 Å². The molecule has 14 heavy (non-hydrogen) atoms. The molecule has 0 heterocycles. The van der Waals surface area contributed by atoms with Crippen molar-refractivity contribution in [2.24, 2.45) is 0 Å². The Bertz CT molecular complexity index is 354. The zero-order valence-corrected chi connectivity index (χ0v) is 11.3. The SMILES string of the molecule is CC(C)=CC(O)c1ccc(Br)cc1Br. The van der Waals surface area contributed by atoms with E-state index < -0.39 is 6.10 Å². The van der Waals surface area contributed by atoms with Gasteiger partial charge in [0.1, 0.15) is 0 Å². The van der Waals surface area contributed by atoms with Gasteiger partial charge in [0.25, 0.3) is 0 Å². The lowest BCUT2D eigenvalue weighted by Gasteiger charge is -2.09. The van der Waals surface area contributed by atoms with Gasteiger partial charge in [-0.15, -0.1) is 0 Å². The summed E-state index contributed by atoms with van der Waals surface area (Å²) in [4.78, 5) is 0. The number of aliphatic hydroxyl groups excluding tert-OH is 1. The summed E-state index contributed by atoms with van der Waals surface area (Å²) in [5, 5.41) is 9.84. The molecule has 0 amide bonds. The van der Waals surface area contributed by atoms with E-state index in [9.17, 15) is 5.11 Å². The van der Waals surface area contributed by atoms with E-state index in [4.69, 9.17) is 0 Å². The van der Waals surface area contributed by atoms with Gasteiger partial charge in [0, 0.05) is 8.95 Å². The van der Waals surface area contributed by atoms with Crippen LogP contribution in [-0.2, 0) is 0 Å². The van der Waals surface area contributed by atoms with Gasteiger partial charge in [-0.2, -0.15) is 0 Å². The topological polar surface area (TPSA) is 20.2 Å². The molecule has 0 spiro atoms. The van der Waals surface area contributed by atoms with Gasteiger partial charge in [-0.1, -0.05) is 49.6 Å². The lowest BCUT2D eigenvalue weighted by atomic mass is 10.1. The molecule has 0 aliphatic carbocycles. The maximum atomic E-state index is 9.84. The minimum atomic E-state index is -0.539. The van der Waals surface area contributed by atoms with Crippen molar-refractivity contribution in [2.45, 2.75) is 20.0 Å². The first-order chi connectivity index (χ1) is 6.50. The Labute approximate surface area is 101 Å². The molecule has 0 fully saturated rings. The third-order valence-electron chi connectivity index (χ3n) is 1.77. The summed E-state index contributed by atoms with van der Waals surface area (Å²) in [5.74, 6) is 0. The van der Waals surface area contributed by atoms with Crippen molar-refractivity contribution in [3.8, 4) is 0 Å². The molecule has 76 valence electrons. The first-order valence-electron chi connectivity index (χ1n) is 4.28. The highest BCUT2D eigenvalue weighted by molar-refractivity contribution is 9.11. The molecule has 1 N–H and O–H groups in total. The minimum Gasteiger partial charge on any atom is -0.384 e. The van der Waals surface area contributed by atoms with E-state index in [2.05, 4.69) is 31.9 Å². The van der Waals surface area contributed by atoms with Gasteiger partial charge in [0.05, 0.1) is 6.10 Å². The van der Waals surface area contributed by atoms with Crippen molar-refractivity contribution >= 4 is 31.9 Å². The molecule has 0 aromatic heterocycles. The zero-order valence-electron chi connectivity index (χ0n) is 8.09. The molecular weight excluding hydrogens is 308 g/mol. The van der Waals surface area contributed by atoms with Crippen molar-refractivity contribution < 1.29 is 5.11 Å². The van der Waals surface area contributed by atoms with Gasteiger partial charge >= 0.3 is 0 Å². The molecule has 0 saturated heterocycles. The largest absolute Gasteiger partial charge is 0.384 e. The lowest BCUT2D eigenvalue weighted by molar-refractivity contribution is 0.227. The Morgan fingerprint density at radius 2 is 2.00 bits per heavy atom. The predicted octanol–water partition coefficient (Wildman–Crippen LogP) is 4.21. The molecule has 1 unspecified atom stereocenters. The Kier molecular flexibility index (Phi) is 4.35. The van der Waals surface area contributed by atoms with E-state index in [1.807, 2.05) is 38.1 Å². The molecule has 1 atom stereocenters. The second kappa shape index (κ2) is 5.10. The van der Waals surface area contributed by atoms with Crippen LogP contribution in [0.3, 0.4) is 0 Å². The molecule has 0 saturated carbocycles. The fraction of sp³-hybridized carbons (Fsp3) is 0.273. The van der Waals surface area contributed by atoms with Crippen LogP contribution in [0.25, 0.3) is 0 Å². The van der Waals surface area contributed by atoms with E-state index in [1.165, 1.54) is 0 Å². The number of hydrogen-bond donors (Lipinski definition) is 1. The molecule has 1 aromatic rings. The highest BCUT2D eigenvalue weighted by Crippen LogP contribution is 2.27. The molecule has 1 rings (SSSR count). The van der Waals surface area contributed by atoms with Gasteiger partial charge < -0.3 is 5.11 Å². The van der Waals surface area contributed by atoms with E-state index in [-0.39, 0.29) is 0 Å². The fourth-order valence-corrected chi connectivity index (χ4v) is 2.43. The van der Waals surface area contributed by atoms with Crippen molar-refractivity contribution in [1.82, 2.24) is 0 Å². The Hall–Kier alpha value is -0.120. The summed E-state index contributed by atoms with van der Waals surface area (Å²) in [7, 11) is 0. The second-order valence-corrected chi connectivity index (χ2v) is 5.12. The number of rotatable bonds is 2. The van der Waals surface area contributed by atoms with Gasteiger partial charge in [-0.05, 0) is 31.5 Å². The summed E-state index contributed by atoms with van der Waals surface area (Å²) in [6, 6.07) is 5.75. The average Bonchev–Trinajstić information content (AvgIpc) is 2.01. The lowest BCUT2D eigenvalue weighted by Crippen LogP contribution is -1.95. The zero-order chi connectivity index (χ0) is 10.7. The molecule has 0 radical (unpaired) electrons. The maximum absolute atomic E-state index is 9.84. The average molecular weight is 320 g/mol. The number of allylic oxidation sites excluding steroid dienone is 1. The Morgan fingerprint density at radius 3 is 2.50 bits per heavy atom. The standard InChI is InChI=1S/C11H12Br2O/c1-7(2)5-11(14)9-4-3-8(12)6-10(9)13/h3-6,11,14H,1-2H3. The number of halogens is 2. The van der Waals surface area contributed by atoms with E-state index in [1.54, 1.807) is 0 Å². The first-order valence-corrected chi connectivity index (χ1v) is 5.87. The van der Waals surface area contributed by atoms with Crippen LogP contribution >= 0.6 is 31.9 Å². The van der Waals surface area contributed by atoms with E-state index in [0.29, 0.717) is 0 Å². The van der Waals surface area contributed by atoms with E-state index in [0.717, 1.165) is 20.1 Å². The molecule has 3 heteroatoms. The Morgan fingerprint density at radius 1 is 1.36 bits per heavy atom. The minimum absolute atomic E-state index is 0.539. The highest BCUT2D eigenvalue weighted by atomic mass is 79.9. The molecule has 0 aliphatic heterocycles. The quantitative estimate of drug-likeness (QED) is 0.809. The fourth-order valence-electron chi connectivity index (χ4n) is 1.15. The number of aliphatic hydroxyl groups is 1. The van der Waals surface area contributed by atoms with Crippen LogP contribution < -0.4 is 0 Å². The summed E-state index contributed by atoms with van der Waals surface area (Å²) in [5.41, 5.74) is 1.99. The van der Waals surface area contributed by atoms with Crippen molar-refractivity contribution in [2.75, 3.05) is 0 Å². The van der Waals surface area contributed by atoms with Gasteiger partial charge in [0.15, 0.2) is 0 Å². The molecule has 0 aliphatic rings. The number of hydrogen-bond acceptors (Lipinski definition) is 1. The van der Waals surface area contributed by atoms with E-state index >= 15 is 0 Å². The summed E-state index contributed by atoms with van der Waals surface area (Å²) < 4.78 is 1.91. The van der Waals surface area contributed by atoms with Crippen LogP contribution in [-0.4, -0.2) is 5.11 Å². The van der Waals surface area contributed by atoms with Crippen molar-refractivity contribution in [3.63, 3.8) is 0 Å². The van der Waals surface area contributed by atoms with Crippen LogP contribution in [0.1, 0.15) is 25.5 Å². The highest BCUT2D eigenvalue weighted by Gasteiger charge is 2.08. The Balaban J connectivity index is 3.02. The predicted molar refractivity (Wildman–Crippen MR) is 66.2 cm³/mol. The summed E-state index contributed by atoms with van der Waals surface area (Å²) in [6.45, 7) is 3.94. The van der Waals surface area contributed by atoms with Crippen LogP contribution in [0, 0.1) is 0 Å². The van der Waals surface area contributed by atoms with Crippen LogP contribution in [0.4, 0.5) is 0 Å². The number of benzene rings is 1. The smallest absolute Gasteiger partial charge is 0.0985 e. The van der Waals surface area contributed by atoms with Crippen molar-refractivity contribution in [1.29, 1.82) is 0 Å². The summed E-state index contributed by atoms with van der Waals surface area (Å²) in [6.07, 6.45) is 1.29. The van der Waals surface area contributed by atoms with Gasteiger partial charge in [-0.3, -0.25) is 0 Å². The van der Waals surface area contributed by atoms with Gasteiger partial charge in [-0.25, -0.2) is 0 Å². The molecular formula is C11H12Br2O. The van der Waals surface area contributed by atoms with Crippen LogP contribution in [0.15, 0.2) is 38.8 Å². The molecule has 0 bridgehead atoms. The third-order valence-corrected chi connectivity index (χ3v) is 2.95. The summed E-state index contributed by atoms with van der Waals surface area (Å²) >= 11 is 6.79.